The first-order chi connectivity index (χ1) is 13.8. The van der Waals surface area contributed by atoms with E-state index in [9.17, 15) is 4.79 Å². The quantitative estimate of drug-likeness (QED) is 0.422. The Hall–Kier alpha value is -2.34. The molecule has 0 spiro atoms. The number of ether oxygens (including phenoxy) is 1. The summed E-state index contributed by atoms with van der Waals surface area (Å²) in [5, 5.41) is 0. The first-order valence-electron chi connectivity index (χ1n) is 10.1. The molecule has 29 heavy (non-hydrogen) atoms. The number of piperidine rings is 1. The van der Waals surface area contributed by atoms with E-state index >= 15 is 0 Å². The highest BCUT2D eigenvalue weighted by Crippen LogP contribution is 2.18. The predicted molar refractivity (Wildman–Crippen MR) is 124 cm³/mol. The Morgan fingerprint density at radius 2 is 2.03 bits per heavy atom. The Balaban J connectivity index is 0.000000430. The van der Waals surface area contributed by atoms with Crippen molar-refractivity contribution in [3.05, 3.63) is 36.2 Å². The van der Waals surface area contributed by atoms with Crippen molar-refractivity contribution >= 4 is 25.1 Å². The monoisotopic (exact) mass is 402 g/mol. The zero-order valence-electron chi connectivity index (χ0n) is 19.0. The molecule has 0 aromatic carbocycles. The average molecular weight is 403 g/mol. The van der Waals surface area contributed by atoms with Gasteiger partial charge >= 0.3 is 0 Å². The fraction of sp³-hybridized carbons (Fsp3) is 0.565. The van der Waals surface area contributed by atoms with Crippen LogP contribution in [0, 0.1) is 5.92 Å². The standard InChI is InChI=1S/C10H19N3.C8H9N.C5H10O2/c1-4-12-10(11-2)9-5-7-13(3)8-6-9;1-2-4-8-5-3-6-9-7-8;1-5(2,3)7-4-6/h9H,2,4-8H2,1,3H3;2-7H,1H3;4H,1-3H3/b;4-2+;. The zero-order valence-corrected chi connectivity index (χ0v) is 19.0. The van der Waals surface area contributed by atoms with E-state index in [1.807, 2.05) is 65.1 Å². The lowest BCUT2D eigenvalue weighted by atomic mass is 9.96. The van der Waals surface area contributed by atoms with Crippen molar-refractivity contribution in [3.8, 4) is 0 Å². The van der Waals surface area contributed by atoms with E-state index in [4.69, 9.17) is 0 Å². The molecule has 0 radical (unpaired) electrons. The number of hydrogen-bond acceptors (Lipinski definition) is 5. The number of nitrogens with zero attached hydrogens (tertiary/aromatic N) is 4. The van der Waals surface area contributed by atoms with Gasteiger partial charge in [0.05, 0.1) is 0 Å². The Labute approximate surface area is 176 Å². The molecule has 1 aliphatic rings. The highest BCUT2D eigenvalue weighted by molar-refractivity contribution is 5.88. The molecule has 1 aromatic rings. The SMILES string of the molecule is C/C=C/c1cccnc1.C=NC(=NCC)C1CCN(C)CC1.CC(C)(C)OC=O. The molecule has 0 saturated carbocycles. The van der Waals surface area contributed by atoms with Gasteiger partial charge in [-0.25, -0.2) is 4.99 Å². The molecule has 162 valence electrons. The van der Waals surface area contributed by atoms with Crippen LogP contribution in [0.3, 0.4) is 0 Å². The molecule has 0 N–H and O–H groups in total. The second-order valence-corrected chi connectivity index (χ2v) is 7.68. The summed E-state index contributed by atoms with van der Waals surface area (Å²) in [7, 11) is 2.16. The summed E-state index contributed by atoms with van der Waals surface area (Å²) >= 11 is 0. The number of allylic oxidation sites excluding steroid dienone is 1. The maximum atomic E-state index is 9.60. The lowest BCUT2D eigenvalue weighted by molar-refractivity contribution is -0.138. The van der Waals surface area contributed by atoms with Gasteiger partial charge in [-0.2, -0.15) is 0 Å². The summed E-state index contributed by atoms with van der Waals surface area (Å²) in [6.07, 6.45) is 9.97. The van der Waals surface area contributed by atoms with Gasteiger partial charge in [-0.1, -0.05) is 18.2 Å². The van der Waals surface area contributed by atoms with Crippen molar-refractivity contribution in [2.24, 2.45) is 15.9 Å². The van der Waals surface area contributed by atoms with E-state index < -0.39 is 0 Å². The maximum absolute atomic E-state index is 9.60. The van der Waals surface area contributed by atoms with Gasteiger partial charge in [0, 0.05) is 24.9 Å². The van der Waals surface area contributed by atoms with Crippen molar-refractivity contribution in [3.63, 3.8) is 0 Å². The van der Waals surface area contributed by atoms with Crippen LogP contribution in [0.25, 0.3) is 6.08 Å². The lowest BCUT2D eigenvalue weighted by Gasteiger charge is -2.28. The largest absolute Gasteiger partial charge is 0.462 e. The van der Waals surface area contributed by atoms with Crippen LogP contribution in [-0.2, 0) is 9.53 Å². The van der Waals surface area contributed by atoms with Gasteiger partial charge in [0.1, 0.15) is 11.4 Å². The van der Waals surface area contributed by atoms with Crippen LogP contribution in [0.15, 0.2) is 40.6 Å². The highest BCUT2D eigenvalue weighted by atomic mass is 16.5. The van der Waals surface area contributed by atoms with Gasteiger partial charge in [0.2, 0.25) is 0 Å². The van der Waals surface area contributed by atoms with Gasteiger partial charge in [-0.15, -0.1) is 0 Å². The van der Waals surface area contributed by atoms with Crippen LogP contribution in [-0.4, -0.2) is 61.2 Å². The van der Waals surface area contributed by atoms with Gasteiger partial charge in [0.25, 0.3) is 6.47 Å². The van der Waals surface area contributed by atoms with Crippen molar-refractivity contribution < 1.29 is 9.53 Å². The fourth-order valence-electron chi connectivity index (χ4n) is 2.55. The number of rotatable bonds is 4. The molecule has 1 fully saturated rings. The van der Waals surface area contributed by atoms with E-state index in [0.29, 0.717) is 12.4 Å². The van der Waals surface area contributed by atoms with Gasteiger partial charge in [-0.3, -0.25) is 14.8 Å². The van der Waals surface area contributed by atoms with Crippen LogP contribution >= 0.6 is 0 Å². The molecule has 0 unspecified atom stereocenters. The molecule has 0 atom stereocenters. The average Bonchev–Trinajstić information content (AvgIpc) is 2.68. The third kappa shape index (κ3) is 14.3. The van der Waals surface area contributed by atoms with Crippen molar-refractivity contribution in [1.29, 1.82) is 0 Å². The molecule has 0 amide bonds. The summed E-state index contributed by atoms with van der Waals surface area (Å²) < 4.78 is 4.55. The van der Waals surface area contributed by atoms with Crippen LogP contribution in [0.4, 0.5) is 0 Å². The Morgan fingerprint density at radius 3 is 2.41 bits per heavy atom. The summed E-state index contributed by atoms with van der Waals surface area (Å²) in [6, 6.07) is 3.95. The number of aromatic nitrogens is 1. The summed E-state index contributed by atoms with van der Waals surface area (Å²) in [5.74, 6) is 1.52. The molecular weight excluding hydrogens is 364 g/mol. The molecular formula is C23H38N4O2. The number of carbonyl (C=O) groups is 1. The van der Waals surface area contributed by atoms with E-state index in [0.717, 1.165) is 31.0 Å². The Kier molecular flexibility index (Phi) is 14.3. The van der Waals surface area contributed by atoms with E-state index in [1.165, 1.54) is 12.8 Å². The topological polar surface area (TPSA) is 67.2 Å². The number of aliphatic imine (C=N–C) groups is 2. The van der Waals surface area contributed by atoms with Gasteiger partial charge in [0.15, 0.2) is 0 Å². The van der Waals surface area contributed by atoms with Gasteiger partial charge < -0.3 is 9.64 Å². The molecule has 6 heteroatoms. The molecule has 1 aliphatic heterocycles. The molecule has 1 saturated heterocycles. The van der Waals surface area contributed by atoms with Crippen molar-refractivity contribution in [2.75, 3.05) is 26.7 Å². The van der Waals surface area contributed by atoms with E-state index in [2.05, 4.69) is 38.4 Å². The minimum Gasteiger partial charge on any atom is -0.462 e. The third-order valence-corrected chi connectivity index (χ3v) is 4.01. The number of pyridine rings is 1. The lowest BCUT2D eigenvalue weighted by Crippen LogP contribution is -2.33. The number of hydrogen-bond donors (Lipinski definition) is 0. The van der Waals surface area contributed by atoms with Crippen LogP contribution in [0.1, 0.15) is 53.0 Å². The normalized spacial score (nSPS) is 15.6. The minimum atomic E-state index is -0.318. The van der Waals surface area contributed by atoms with Crippen molar-refractivity contribution in [1.82, 2.24) is 9.88 Å². The van der Waals surface area contributed by atoms with Crippen LogP contribution < -0.4 is 0 Å². The third-order valence-electron chi connectivity index (χ3n) is 4.01. The molecule has 0 aliphatic carbocycles. The summed E-state index contributed by atoms with van der Waals surface area (Å²) in [5.41, 5.74) is 0.835. The highest BCUT2D eigenvalue weighted by Gasteiger charge is 2.20. The molecule has 2 heterocycles. The number of likely N-dealkylation sites (tertiary alicyclic amines) is 1. The second-order valence-electron chi connectivity index (χ2n) is 7.68. The fourth-order valence-corrected chi connectivity index (χ4v) is 2.55. The zero-order chi connectivity index (χ0) is 22.1. The second kappa shape index (κ2) is 15.6. The first kappa shape index (κ1) is 26.7. The molecule has 2 rings (SSSR count). The summed E-state index contributed by atoms with van der Waals surface area (Å²) in [4.78, 5) is 24.3. The predicted octanol–water partition coefficient (Wildman–Crippen LogP) is 4.52. The maximum Gasteiger partial charge on any atom is 0.293 e. The Morgan fingerprint density at radius 1 is 1.38 bits per heavy atom. The number of carbonyl (C=O) groups excluding carboxylic acids is 1. The van der Waals surface area contributed by atoms with E-state index in [-0.39, 0.29) is 5.60 Å². The smallest absolute Gasteiger partial charge is 0.293 e. The van der Waals surface area contributed by atoms with Gasteiger partial charge in [-0.05, 0) is 85.9 Å². The first-order valence-corrected chi connectivity index (χ1v) is 10.1. The van der Waals surface area contributed by atoms with Crippen molar-refractivity contribution in [2.45, 2.75) is 53.1 Å². The number of amidine groups is 1. The van der Waals surface area contributed by atoms with Crippen LogP contribution in [0.2, 0.25) is 0 Å². The van der Waals surface area contributed by atoms with Crippen LogP contribution in [0.5, 0.6) is 0 Å². The van der Waals surface area contributed by atoms with E-state index in [1.54, 1.807) is 6.20 Å². The molecule has 0 bridgehead atoms. The molecule has 6 nitrogen and oxygen atoms in total. The summed E-state index contributed by atoms with van der Waals surface area (Å²) in [6.45, 7) is 16.7. The Bertz CT molecular complexity index is 614. The minimum absolute atomic E-state index is 0.318. The molecule has 1 aromatic heterocycles.